The molecule has 4 nitrogen and oxygen atoms in total. The fourth-order valence-electron chi connectivity index (χ4n) is 1.61. The first-order valence-electron chi connectivity index (χ1n) is 5.25. The lowest BCUT2D eigenvalue weighted by Gasteiger charge is -2.05. The maximum atomic E-state index is 10.5. The van der Waals surface area contributed by atoms with Crippen molar-refractivity contribution in [2.75, 3.05) is 0 Å². The smallest absolute Gasteiger partial charge is 0.303 e. The molecule has 1 heterocycles. The Balaban J connectivity index is 2.74. The van der Waals surface area contributed by atoms with Gasteiger partial charge in [0.05, 0.1) is 12.1 Å². The second-order valence-corrected chi connectivity index (χ2v) is 4.27. The Labute approximate surface area is 89.7 Å². The molecule has 0 aromatic carbocycles. The van der Waals surface area contributed by atoms with Gasteiger partial charge in [-0.25, -0.2) is 0 Å². The Morgan fingerprint density at radius 2 is 2.20 bits per heavy atom. The zero-order valence-electron chi connectivity index (χ0n) is 9.50. The molecule has 0 unspecified atom stereocenters. The molecule has 84 valence electrons. The minimum absolute atomic E-state index is 0.148. The van der Waals surface area contributed by atoms with Crippen LogP contribution in [0.2, 0.25) is 0 Å². The van der Waals surface area contributed by atoms with Gasteiger partial charge in [0, 0.05) is 12.1 Å². The normalized spacial score (nSPS) is 10.9. The zero-order valence-corrected chi connectivity index (χ0v) is 9.50. The SMILES string of the molecule is Cc1[nH]nc(CCC(=O)O)c1CC(C)C. The van der Waals surface area contributed by atoms with Crippen LogP contribution in [0.1, 0.15) is 37.2 Å². The number of hydrogen-bond donors (Lipinski definition) is 2. The van der Waals surface area contributed by atoms with Gasteiger partial charge >= 0.3 is 5.97 Å². The summed E-state index contributed by atoms with van der Waals surface area (Å²) < 4.78 is 0. The molecule has 1 rings (SSSR count). The molecule has 0 saturated carbocycles. The van der Waals surface area contributed by atoms with Crippen LogP contribution in [-0.4, -0.2) is 21.3 Å². The highest BCUT2D eigenvalue weighted by Gasteiger charge is 2.12. The second kappa shape index (κ2) is 4.96. The Morgan fingerprint density at radius 1 is 1.53 bits per heavy atom. The molecule has 0 saturated heterocycles. The van der Waals surface area contributed by atoms with Gasteiger partial charge in [-0.05, 0) is 24.8 Å². The van der Waals surface area contributed by atoms with Gasteiger partial charge in [0.15, 0.2) is 0 Å². The van der Waals surface area contributed by atoms with Gasteiger partial charge in [-0.1, -0.05) is 13.8 Å². The number of carboxylic acid groups (broad SMARTS) is 1. The van der Waals surface area contributed by atoms with E-state index in [1.54, 1.807) is 0 Å². The standard InChI is InChI=1S/C11H18N2O2/c1-7(2)6-9-8(3)12-13-10(9)4-5-11(14)15/h7H,4-6H2,1-3H3,(H,12,13)(H,14,15). The quantitative estimate of drug-likeness (QED) is 0.780. The molecule has 0 aliphatic carbocycles. The molecular formula is C11H18N2O2. The van der Waals surface area contributed by atoms with Crippen molar-refractivity contribution >= 4 is 5.97 Å². The van der Waals surface area contributed by atoms with E-state index in [0.29, 0.717) is 12.3 Å². The molecule has 0 aliphatic heterocycles. The molecular weight excluding hydrogens is 192 g/mol. The van der Waals surface area contributed by atoms with Crippen LogP contribution in [0.5, 0.6) is 0 Å². The monoisotopic (exact) mass is 210 g/mol. The molecule has 4 heteroatoms. The lowest BCUT2D eigenvalue weighted by atomic mass is 9.99. The fourth-order valence-corrected chi connectivity index (χ4v) is 1.61. The summed E-state index contributed by atoms with van der Waals surface area (Å²) in [4.78, 5) is 10.5. The number of carboxylic acids is 1. The molecule has 0 bridgehead atoms. The predicted octanol–water partition coefficient (Wildman–Crippen LogP) is 1.93. The van der Waals surface area contributed by atoms with E-state index >= 15 is 0 Å². The highest BCUT2D eigenvalue weighted by Crippen LogP contribution is 2.16. The lowest BCUT2D eigenvalue weighted by molar-refractivity contribution is -0.136. The number of nitrogens with zero attached hydrogens (tertiary/aromatic N) is 1. The van der Waals surface area contributed by atoms with Crippen LogP contribution in [0, 0.1) is 12.8 Å². The summed E-state index contributed by atoms with van der Waals surface area (Å²) >= 11 is 0. The van der Waals surface area contributed by atoms with E-state index in [9.17, 15) is 4.79 Å². The molecule has 0 aliphatic rings. The van der Waals surface area contributed by atoms with E-state index in [1.165, 1.54) is 5.56 Å². The van der Waals surface area contributed by atoms with E-state index in [2.05, 4.69) is 24.0 Å². The third-order valence-electron chi connectivity index (χ3n) is 2.35. The Hall–Kier alpha value is -1.32. The number of rotatable bonds is 5. The molecule has 1 aromatic heterocycles. The highest BCUT2D eigenvalue weighted by atomic mass is 16.4. The summed E-state index contributed by atoms with van der Waals surface area (Å²) in [5.74, 6) is -0.212. The summed E-state index contributed by atoms with van der Waals surface area (Å²) in [6, 6.07) is 0. The summed E-state index contributed by atoms with van der Waals surface area (Å²) in [6.45, 7) is 6.27. The van der Waals surface area contributed by atoms with Crippen molar-refractivity contribution in [1.29, 1.82) is 0 Å². The van der Waals surface area contributed by atoms with Gasteiger partial charge in [0.2, 0.25) is 0 Å². The Morgan fingerprint density at radius 3 is 2.73 bits per heavy atom. The van der Waals surface area contributed by atoms with Gasteiger partial charge < -0.3 is 5.11 Å². The number of nitrogens with one attached hydrogen (secondary N) is 1. The van der Waals surface area contributed by atoms with E-state index in [1.807, 2.05) is 6.92 Å². The van der Waals surface area contributed by atoms with Crippen LogP contribution in [0.3, 0.4) is 0 Å². The van der Waals surface area contributed by atoms with Gasteiger partial charge in [0.1, 0.15) is 0 Å². The predicted molar refractivity (Wildman–Crippen MR) is 57.8 cm³/mol. The molecule has 0 atom stereocenters. The number of carbonyl (C=O) groups is 1. The van der Waals surface area contributed by atoms with Crippen molar-refractivity contribution in [1.82, 2.24) is 10.2 Å². The maximum absolute atomic E-state index is 10.5. The van der Waals surface area contributed by atoms with Crippen LogP contribution in [0.25, 0.3) is 0 Å². The minimum Gasteiger partial charge on any atom is -0.481 e. The molecule has 15 heavy (non-hydrogen) atoms. The molecule has 0 fully saturated rings. The lowest BCUT2D eigenvalue weighted by Crippen LogP contribution is -2.02. The van der Waals surface area contributed by atoms with E-state index in [0.717, 1.165) is 17.8 Å². The number of hydrogen-bond acceptors (Lipinski definition) is 2. The average molecular weight is 210 g/mol. The van der Waals surface area contributed by atoms with Crippen LogP contribution in [0.15, 0.2) is 0 Å². The molecule has 0 radical (unpaired) electrons. The minimum atomic E-state index is -0.772. The van der Waals surface area contributed by atoms with Crippen molar-refractivity contribution in [3.05, 3.63) is 17.0 Å². The Bertz CT molecular complexity index is 342. The number of aromatic amines is 1. The number of aryl methyl sites for hydroxylation is 2. The van der Waals surface area contributed by atoms with Crippen LogP contribution < -0.4 is 0 Å². The molecule has 2 N–H and O–H groups in total. The average Bonchev–Trinajstić information content (AvgIpc) is 2.44. The summed E-state index contributed by atoms with van der Waals surface area (Å²) in [5, 5.41) is 15.7. The topological polar surface area (TPSA) is 66.0 Å². The van der Waals surface area contributed by atoms with Crippen molar-refractivity contribution in [3.63, 3.8) is 0 Å². The van der Waals surface area contributed by atoms with Gasteiger partial charge in [0.25, 0.3) is 0 Å². The second-order valence-electron chi connectivity index (χ2n) is 4.27. The molecule has 1 aromatic rings. The van der Waals surface area contributed by atoms with Gasteiger partial charge in [-0.3, -0.25) is 9.89 Å². The van der Waals surface area contributed by atoms with E-state index in [4.69, 9.17) is 5.11 Å². The van der Waals surface area contributed by atoms with Crippen LogP contribution in [0.4, 0.5) is 0 Å². The zero-order chi connectivity index (χ0) is 11.4. The number of aromatic nitrogens is 2. The van der Waals surface area contributed by atoms with Crippen LogP contribution in [-0.2, 0) is 17.6 Å². The fraction of sp³-hybridized carbons (Fsp3) is 0.636. The van der Waals surface area contributed by atoms with Crippen molar-refractivity contribution < 1.29 is 9.90 Å². The third kappa shape index (κ3) is 3.38. The van der Waals surface area contributed by atoms with E-state index in [-0.39, 0.29) is 6.42 Å². The third-order valence-corrected chi connectivity index (χ3v) is 2.35. The van der Waals surface area contributed by atoms with Gasteiger partial charge in [-0.2, -0.15) is 5.10 Å². The molecule has 0 spiro atoms. The van der Waals surface area contributed by atoms with Crippen molar-refractivity contribution in [2.45, 2.75) is 40.0 Å². The summed E-state index contributed by atoms with van der Waals surface area (Å²) in [7, 11) is 0. The first-order chi connectivity index (χ1) is 7.00. The summed E-state index contributed by atoms with van der Waals surface area (Å²) in [6.07, 6.45) is 1.62. The largest absolute Gasteiger partial charge is 0.481 e. The molecule has 0 amide bonds. The van der Waals surface area contributed by atoms with Gasteiger partial charge in [-0.15, -0.1) is 0 Å². The Kier molecular flexibility index (Phi) is 3.88. The first kappa shape index (κ1) is 11.8. The number of H-pyrrole nitrogens is 1. The highest BCUT2D eigenvalue weighted by molar-refractivity contribution is 5.67. The summed E-state index contributed by atoms with van der Waals surface area (Å²) in [5.41, 5.74) is 3.15. The van der Waals surface area contributed by atoms with Crippen molar-refractivity contribution in [3.8, 4) is 0 Å². The van der Waals surface area contributed by atoms with Crippen molar-refractivity contribution in [2.24, 2.45) is 5.92 Å². The maximum Gasteiger partial charge on any atom is 0.303 e. The number of aliphatic carboxylic acids is 1. The van der Waals surface area contributed by atoms with E-state index < -0.39 is 5.97 Å². The first-order valence-corrected chi connectivity index (χ1v) is 5.25. The van der Waals surface area contributed by atoms with Crippen LogP contribution >= 0.6 is 0 Å².